The smallest absolute Gasteiger partial charge is 0.274 e. The highest BCUT2D eigenvalue weighted by Gasteiger charge is 2.25. The lowest BCUT2D eigenvalue weighted by Crippen LogP contribution is -2.29. The van der Waals surface area contributed by atoms with Crippen molar-refractivity contribution in [1.82, 2.24) is 5.32 Å². The Hall–Kier alpha value is -0.790. The summed E-state index contributed by atoms with van der Waals surface area (Å²) in [5.41, 5.74) is 0. The van der Waals surface area contributed by atoms with E-state index in [-0.39, 0.29) is 17.9 Å². The van der Waals surface area contributed by atoms with Crippen molar-refractivity contribution < 1.29 is 9.90 Å². The Morgan fingerprint density at radius 1 is 1.83 bits per heavy atom. The maximum atomic E-state index is 11.2. The van der Waals surface area contributed by atoms with Gasteiger partial charge in [-0.05, 0) is 6.92 Å². The first-order chi connectivity index (χ1) is 5.70. The van der Waals surface area contributed by atoms with Gasteiger partial charge in [0.2, 0.25) is 0 Å². The Balaban J connectivity index is 2.94. The number of amides is 1. The molecule has 0 aromatic heterocycles. The minimum atomic E-state index is -0.559. The van der Waals surface area contributed by atoms with E-state index < -0.39 is 10.5 Å². The summed E-state index contributed by atoms with van der Waals surface area (Å²) in [7, 11) is -0.559. The summed E-state index contributed by atoms with van der Waals surface area (Å²) in [6, 6.07) is -0.0285. The van der Waals surface area contributed by atoms with Gasteiger partial charge < -0.3 is 10.4 Å². The van der Waals surface area contributed by atoms with Crippen molar-refractivity contribution in [2.24, 2.45) is 0 Å². The number of rotatable bonds is 2. The van der Waals surface area contributed by atoms with Gasteiger partial charge in [-0.15, -0.1) is 6.42 Å². The van der Waals surface area contributed by atoms with Crippen molar-refractivity contribution in [3.8, 4) is 12.3 Å². The first-order valence-corrected chi connectivity index (χ1v) is 5.01. The Kier molecular flexibility index (Phi) is 2.90. The van der Waals surface area contributed by atoms with Gasteiger partial charge in [-0.3, -0.25) is 4.79 Å². The van der Waals surface area contributed by atoms with Crippen molar-refractivity contribution in [3.05, 3.63) is 0 Å². The minimum Gasteiger partial charge on any atom is -0.391 e. The average Bonchev–Trinajstić information content (AvgIpc) is 2.28. The number of carbonyl (C=O) groups excluding carboxylic acids is 1. The number of aliphatic hydroxyl groups excluding tert-OH is 1. The highest BCUT2D eigenvalue weighted by molar-refractivity contribution is 8.29. The van der Waals surface area contributed by atoms with E-state index in [1.54, 1.807) is 0 Å². The van der Waals surface area contributed by atoms with Crippen LogP contribution in [-0.2, 0) is 0 Å². The maximum absolute atomic E-state index is 11.2. The molecule has 1 amide bonds. The average molecular weight is 185 g/mol. The summed E-state index contributed by atoms with van der Waals surface area (Å²) in [4.78, 5) is 12.0. The molecule has 0 saturated carbocycles. The second-order valence-electron chi connectivity index (χ2n) is 2.52. The van der Waals surface area contributed by atoms with Gasteiger partial charge in [-0.1, -0.05) is 16.4 Å². The summed E-state index contributed by atoms with van der Waals surface area (Å²) >= 11 is 0. The van der Waals surface area contributed by atoms with Crippen LogP contribution in [0.4, 0.5) is 4.79 Å². The summed E-state index contributed by atoms with van der Waals surface area (Å²) in [5.74, 6) is 2.85. The first kappa shape index (κ1) is 9.30. The Bertz CT molecular complexity index is 277. The topological polar surface area (TPSA) is 49.3 Å². The number of aliphatic hydroxyl groups is 1. The van der Waals surface area contributed by atoms with E-state index in [2.05, 4.69) is 11.2 Å². The molecule has 0 aromatic rings. The van der Waals surface area contributed by atoms with Crippen LogP contribution < -0.4 is 5.32 Å². The Morgan fingerprint density at radius 2 is 2.50 bits per heavy atom. The molecule has 2 atom stereocenters. The zero-order valence-corrected chi connectivity index (χ0v) is 7.65. The third-order valence-electron chi connectivity index (χ3n) is 1.74. The van der Waals surface area contributed by atoms with E-state index in [4.69, 9.17) is 11.5 Å². The molecule has 0 saturated heterocycles. The van der Waals surface area contributed by atoms with E-state index in [0.29, 0.717) is 5.75 Å². The summed E-state index contributed by atoms with van der Waals surface area (Å²) in [5, 5.41) is 11.7. The fraction of sp³-hybridized carbons (Fsp3) is 0.500. The maximum Gasteiger partial charge on any atom is 0.274 e. The zero-order valence-electron chi connectivity index (χ0n) is 6.83. The number of hydrogen-bond donors (Lipinski definition) is 2. The molecule has 0 radical (unpaired) electrons. The third kappa shape index (κ3) is 1.52. The van der Waals surface area contributed by atoms with Gasteiger partial charge in [-0.2, -0.15) is 0 Å². The second kappa shape index (κ2) is 3.74. The van der Waals surface area contributed by atoms with Gasteiger partial charge >= 0.3 is 0 Å². The van der Waals surface area contributed by atoms with Crippen molar-refractivity contribution in [2.45, 2.75) is 13.0 Å². The zero-order chi connectivity index (χ0) is 9.14. The summed E-state index contributed by atoms with van der Waals surface area (Å²) < 4.78 is 0. The molecule has 0 aliphatic carbocycles. The number of hydrogen-bond acceptors (Lipinski definition) is 2. The van der Waals surface area contributed by atoms with E-state index in [0.717, 1.165) is 4.86 Å². The quantitative estimate of drug-likeness (QED) is 0.476. The van der Waals surface area contributed by atoms with Crippen LogP contribution >= 0.6 is 10.5 Å². The van der Waals surface area contributed by atoms with Gasteiger partial charge in [0.25, 0.3) is 5.24 Å². The van der Waals surface area contributed by atoms with E-state index in [9.17, 15) is 4.79 Å². The van der Waals surface area contributed by atoms with Crippen molar-refractivity contribution in [3.63, 3.8) is 0 Å². The van der Waals surface area contributed by atoms with Crippen LogP contribution in [0.5, 0.6) is 0 Å². The Morgan fingerprint density at radius 3 is 3.00 bits per heavy atom. The molecule has 2 N–H and O–H groups in total. The largest absolute Gasteiger partial charge is 0.391 e. The van der Waals surface area contributed by atoms with Crippen LogP contribution in [0.2, 0.25) is 0 Å². The highest BCUT2D eigenvalue weighted by atomic mass is 32.2. The number of carbonyl (C=O) groups is 1. The molecule has 0 fully saturated rings. The fourth-order valence-corrected chi connectivity index (χ4v) is 2.80. The monoisotopic (exact) mass is 185 g/mol. The van der Waals surface area contributed by atoms with Gasteiger partial charge in [-0.25, -0.2) is 0 Å². The van der Waals surface area contributed by atoms with Gasteiger partial charge in [0.15, 0.2) is 0 Å². The number of terminal acetylenes is 1. The van der Waals surface area contributed by atoms with E-state index >= 15 is 0 Å². The van der Waals surface area contributed by atoms with Crippen molar-refractivity contribution in [2.75, 3.05) is 12.4 Å². The molecule has 3 nitrogen and oxygen atoms in total. The first-order valence-electron chi connectivity index (χ1n) is 3.62. The van der Waals surface area contributed by atoms with Crippen LogP contribution in [0, 0.1) is 12.3 Å². The Labute approximate surface area is 74.1 Å². The molecule has 1 rings (SSSR count). The third-order valence-corrected chi connectivity index (χ3v) is 3.88. The van der Waals surface area contributed by atoms with Gasteiger partial charge in [0.1, 0.15) is 0 Å². The molecule has 66 valence electrons. The molecule has 12 heavy (non-hydrogen) atoms. The number of nitrogens with one attached hydrogen (secondary N) is 1. The second-order valence-corrected chi connectivity index (χ2v) is 4.48. The van der Waals surface area contributed by atoms with Crippen molar-refractivity contribution in [1.29, 1.82) is 0 Å². The molecule has 1 heterocycles. The predicted molar refractivity (Wildman–Crippen MR) is 51.4 cm³/mol. The lowest BCUT2D eigenvalue weighted by molar-refractivity contribution is 0.260. The highest BCUT2D eigenvalue weighted by Crippen LogP contribution is 2.23. The van der Waals surface area contributed by atoms with Gasteiger partial charge in [0.05, 0.1) is 18.4 Å². The molecule has 1 aliphatic rings. The molecular weight excluding hydrogens is 174 g/mol. The van der Waals surface area contributed by atoms with Crippen LogP contribution in [-0.4, -0.2) is 33.6 Å². The molecule has 0 spiro atoms. The lowest BCUT2D eigenvalue weighted by atomic mass is 10.2. The van der Waals surface area contributed by atoms with E-state index in [1.165, 1.54) is 0 Å². The normalized spacial score (nSPS) is 28.4. The standard InChI is InChI=1S/C8H11NO2S/c1-3-4-12-7(5-10)6(2)9-8(12)11/h1,6,10H,4-5H2,2H3,(H,9,11). The molecule has 4 heteroatoms. The lowest BCUT2D eigenvalue weighted by Gasteiger charge is -2.04. The minimum absolute atomic E-state index is 0.0285. The van der Waals surface area contributed by atoms with Gasteiger partial charge in [0, 0.05) is 4.86 Å². The molecule has 0 aromatic carbocycles. The van der Waals surface area contributed by atoms with Crippen LogP contribution in [0.15, 0.2) is 0 Å². The van der Waals surface area contributed by atoms with Crippen LogP contribution in [0.1, 0.15) is 6.92 Å². The van der Waals surface area contributed by atoms with Crippen molar-refractivity contribution >= 4 is 20.6 Å². The van der Waals surface area contributed by atoms with Crippen LogP contribution in [0.3, 0.4) is 0 Å². The summed E-state index contributed by atoms with van der Waals surface area (Å²) in [6.07, 6.45) is 5.11. The molecule has 2 unspecified atom stereocenters. The summed E-state index contributed by atoms with van der Waals surface area (Å²) in [6.45, 7) is 1.80. The molecular formula is C8H11NO2S. The SMILES string of the molecule is C#CCS1=C(CO)C(C)NC1=O. The molecule has 0 bridgehead atoms. The predicted octanol–water partition coefficient (Wildman–Crippen LogP) is 0.165. The van der Waals surface area contributed by atoms with Crippen LogP contribution in [0.25, 0.3) is 0 Å². The fourth-order valence-electron chi connectivity index (χ4n) is 1.12. The molecule has 1 aliphatic heterocycles. The van der Waals surface area contributed by atoms with E-state index in [1.807, 2.05) is 6.92 Å².